The van der Waals surface area contributed by atoms with Gasteiger partial charge >= 0.3 is 0 Å². The number of nitrogens with zero attached hydrogens (tertiary/aromatic N) is 1. The number of rotatable bonds is 0. The highest BCUT2D eigenvalue weighted by Crippen LogP contribution is 2.40. The lowest BCUT2D eigenvalue weighted by atomic mass is 9.59. The van der Waals surface area contributed by atoms with Crippen LogP contribution in [0, 0.1) is 0 Å². The van der Waals surface area contributed by atoms with E-state index in [9.17, 15) is 0 Å². The molecule has 1 nitrogen and oxygen atoms in total. The second kappa shape index (κ2) is 2.82. The molecule has 1 fully saturated rings. The SMILES string of the molecule is [B]C1([B])CCC([B])(C)N1C(C)(C)C. The van der Waals surface area contributed by atoms with Crippen molar-refractivity contribution in [3.05, 3.63) is 0 Å². The van der Waals surface area contributed by atoms with E-state index in [1.807, 2.05) is 11.8 Å². The quantitative estimate of drug-likeness (QED) is 0.486. The third-order valence-corrected chi connectivity index (χ3v) is 2.63. The van der Waals surface area contributed by atoms with Crippen molar-refractivity contribution >= 4 is 23.5 Å². The molecule has 0 bridgehead atoms. The third-order valence-electron chi connectivity index (χ3n) is 2.63. The third kappa shape index (κ3) is 1.98. The van der Waals surface area contributed by atoms with Crippen molar-refractivity contribution in [2.24, 2.45) is 0 Å². The predicted octanol–water partition coefficient (Wildman–Crippen LogP) is 0.756. The Morgan fingerprint density at radius 3 is 1.69 bits per heavy atom. The van der Waals surface area contributed by atoms with Gasteiger partial charge in [0.1, 0.15) is 0 Å². The molecule has 0 spiro atoms. The summed E-state index contributed by atoms with van der Waals surface area (Å²) in [5.41, 5.74) is -0.481. The van der Waals surface area contributed by atoms with E-state index in [4.69, 9.17) is 23.5 Å². The van der Waals surface area contributed by atoms with E-state index in [0.29, 0.717) is 0 Å². The largest absolute Gasteiger partial charge is 0.313 e. The maximum absolute atomic E-state index is 6.15. The molecule has 1 heterocycles. The first kappa shape index (κ1) is 11.2. The Hall–Kier alpha value is 0.155. The van der Waals surface area contributed by atoms with Crippen LogP contribution in [0.3, 0.4) is 0 Å². The summed E-state index contributed by atoms with van der Waals surface area (Å²) in [5, 5.41) is -0.762. The van der Waals surface area contributed by atoms with Crippen molar-refractivity contribution in [2.75, 3.05) is 0 Å². The summed E-state index contributed by atoms with van der Waals surface area (Å²) >= 11 is 0. The Morgan fingerprint density at radius 2 is 1.54 bits per heavy atom. The highest BCUT2D eigenvalue weighted by molar-refractivity contribution is 6.40. The molecule has 0 saturated carbocycles. The van der Waals surface area contributed by atoms with Crippen LogP contribution in [-0.2, 0) is 0 Å². The average molecular weight is 171 g/mol. The zero-order chi connectivity index (χ0) is 10.5. The molecule has 1 rings (SSSR count). The van der Waals surface area contributed by atoms with E-state index in [1.165, 1.54) is 0 Å². The maximum Gasteiger partial charge on any atom is 0.0953 e. The normalized spacial score (nSPS) is 35.1. The highest BCUT2D eigenvalue weighted by atomic mass is 15.3. The molecule has 1 saturated heterocycles. The van der Waals surface area contributed by atoms with Crippen LogP contribution in [0.15, 0.2) is 0 Å². The average Bonchev–Trinajstić information content (AvgIpc) is 1.98. The van der Waals surface area contributed by atoms with Crippen molar-refractivity contribution in [3.8, 4) is 0 Å². The Morgan fingerprint density at radius 1 is 1.08 bits per heavy atom. The zero-order valence-electron chi connectivity index (χ0n) is 9.09. The molecule has 66 valence electrons. The van der Waals surface area contributed by atoms with Gasteiger partial charge in [0.25, 0.3) is 0 Å². The van der Waals surface area contributed by atoms with E-state index < -0.39 is 5.34 Å². The summed E-state index contributed by atoms with van der Waals surface area (Å²) in [6.45, 7) is 8.23. The fraction of sp³-hybridized carbons (Fsp3) is 1.00. The fourth-order valence-electron chi connectivity index (χ4n) is 2.54. The molecular weight excluding hydrogens is 155 g/mol. The first-order valence-electron chi connectivity index (χ1n) is 4.74. The van der Waals surface area contributed by atoms with Gasteiger partial charge in [-0.25, -0.2) is 0 Å². The minimum Gasteiger partial charge on any atom is -0.313 e. The van der Waals surface area contributed by atoms with Gasteiger partial charge < -0.3 is 4.90 Å². The lowest BCUT2D eigenvalue weighted by Gasteiger charge is -2.51. The molecule has 0 amide bonds. The van der Waals surface area contributed by atoms with Crippen molar-refractivity contribution < 1.29 is 0 Å². The van der Waals surface area contributed by atoms with Crippen LogP contribution in [0.2, 0.25) is 0 Å². The molecule has 0 aromatic rings. The molecule has 0 aromatic carbocycles. The summed E-state index contributed by atoms with van der Waals surface area (Å²) in [5.74, 6) is 0. The topological polar surface area (TPSA) is 3.24 Å². The monoisotopic (exact) mass is 171 g/mol. The summed E-state index contributed by atoms with van der Waals surface area (Å²) < 4.78 is 0. The van der Waals surface area contributed by atoms with Gasteiger partial charge in [-0.05, 0) is 32.6 Å². The van der Waals surface area contributed by atoms with Gasteiger partial charge in [0.2, 0.25) is 0 Å². The molecular formula is C9H16B3N. The Labute approximate surface area is 85.9 Å². The van der Waals surface area contributed by atoms with Crippen molar-refractivity contribution in [1.29, 1.82) is 0 Å². The van der Waals surface area contributed by atoms with Gasteiger partial charge in [0.05, 0.1) is 23.5 Å². The molecule has 1 aliphatic heterocycles. The lowest BCUT2D eigenvalue weighted by Crippen LogP contribution is -2.62. The van der Waals surface area contributed by atoms with E-state index in [-0.39, 0.29) is 11.0 Å². The van der Waals surface area contributed by atoms with Crippen LogP contribution < -0.4 is 0 Å². The molecule has 0 aromatic heterocycles. The second-order valence-electron chi connectivity index (χ2n) is 5.35. The Bertz CT molecular complexity index is 189. The first-order valence-corrected chi connectivity index (χ1v) is 4.74. The molecule has 1 unspecified atom stereocenters. The Kier molecular flexibility index (Phi) is 2.44. The number of hydrogen-bond acceptors (Lipinski definition) is 1. The minimum absolute atomic E-state index is 0.0938. The standard InChI is InChI=1S/C9H16B3N/c1-7(2,3)13-8(4,10)5-6-9(13,11)12/h5-6H2,1-4H3. The van der Waals surface area contributed by atoms with Crippen LogP contribution in [0.25, 0.3) is 0 Å². The summed E-state index contributed by atoms with van der Waals surface area (Å²) in [7, 11) is 18.2. The fourth-order valence-corrected chi connectivity index (χ4v) is 2.54. The van der Waals surface area contributed by atoms with Gasteiger partial charge in [-0.1, -0.05) is 18.7 Å². The highest BCUT2D eigenvalue weighted by Gasteiger charge is 2.47. The number of hydrogen-bond donors (Lipinski definition) is 0. The van der Waals surface area contributed by atoms with Crippen LogP contribution in [0.5, 0.6) is 0 Å². The van der Waals surface area contributed by atoms with Crippen LogP contribution in [0.1, 0.15) is 40.5 Å². The molecule has 0 aliphatic carbocycles. The van der Waals surface area contributed by atoms with E-state index in [0.717, 1.165) is 12.8 Å². The van der Waals surface area contributed by atoms with Crippen molar-refractivity contribution in [1.82, 2.24) is 4.90 Å². The molecule has 13 heavy (non-hydrogen) atoms. The molecule has 0 N–H and O–H groups in total. The Balaban J connectivity index is 3.02. The van der Waals surface area contributed by atoms with Gasteiger partial charge in [-0.3, -0.25) is 0 Å². The predicted molar refractivity (Wildman–Crippen MR) is 59.2 cm³/mol. The smallest absolute Gasteiger partial charge is 0.0953 e. The van der Waals surface area contributed by atoms with Crippen molar-refractivity contribution in [2.45, 2.75) is 56.9 Å². The molecule has 4 heteroatoms. The molecule has 1 aliphatic rings. The van der Waals surface area contributed by atoms with Gasteiger partial charge in [0.15, 0.2) is 0 Å². The van der Waals surface area contributed by atoms with E-state index >= 15 is 0 Å². The van der Waals surface area contributed by atoms with Gasteiger partial charge in [-0.2, -0.15) is 0 Å². The first-order chi connectivity index (χ1) is 5.57. The molecule has 1 atom stereocenters. The lowest BCUT2D eigenvalue weighted by molar-refractivity contribution is 0.0762. The summed E-state index contributed by atoms with van der Waals surface area (Å²) in [6, 6.07) is 0. The van der Waals surface area contributed by atoms with Crippen LogP contribution in [0.4, 0.5) is 0 Å². The van der Waals surface area contributed by atoms with E-state index in [2.05, 4.69) is 20.8 Å². The molecule has 6 radical (unpaired) electrons. The van der Waals surface area contributed by atoms with Crippen molar-refractivity contribution in [3.63, 3.8) is 0 Å². The maximum atomic E-state index is 6.15. The zero-order valence-corrected chi connectivity index (χ0v) is 9.09. The van der Waals surface area contributed by atoms with E-state index in [1.54, 1.807) is 0 Å². The van der Waals surface area contributed by atoms with Gasteiger partial charge in [-0.15, -0.1) is 0 Å². The second-order valence-corrected chi connectivity index (χ2v) is 5.35. The minimum atomic E-state index is -0.762. The number of likely N-dealkylation sites (tertiary alicyclic amines) is 1. The van der Waals surface area contributed by atoms with Gasteiger partial charge in [0, 0.05) is 5.54 Å². The summed E-state index contributed by atoms with van der Waals surface area (Å²) in [6.07, 6.45) is 1.59. The summed E-state index contributed by atoms with van der Waals surface area (Å²) in [4.78, 5) is 2.01. The van der Waals surface area contributed by atoms with Crippen LogP contribution >= 0.6 is 0 Å². The van der Waals surface area contributed by atoms with Crippen LogP contribution in [-0.4, -0.2) is 44.8 Å².